The number of carboxylic acids is 1. The van der Waals surface area contributed by atoms with Crippen LogP contribution in [0.25, 0.3) is 46.4 Å². The number of nitrogens with two attached hydrogens (primary N) is 1. The molecule has 2 aliphatic rings. The van der Waals surface area contributed by atoms with Crippen molar-refractivity contribution in [2.75, 3.05) is 5.75 Å². The van der Waals surface area contributed by atoms with E-state index in [-0.39, 0.29) is 28.1 Å². The van der Waals surface area contributed by atoms with E-state index < -0.39 is 12.0 Å². The van der Waals surface area contributed by atoms with E-state index in [0.717, 1.165) is 44.8 Å². The van der Waals surface area contributed by atoms with Gasteiger partial charge in [0.15, 0.2) is 0 Å². The van der Waals surface area contributed by atoms with Crippen molar-refractivity contribution in [2.24, 2.45) is 5.73 Å². The van der Waals surface area contributed by atoms with E-state index in [1.165, 1.54) is 0 Å². The maximum atomic E-state index is 9.76. The zero-order valence-electron chi connectivity index (χ0n) is 16.8. The quantitative estimate of drug-likeness (QED) is 0.150. The predicted octanol–water partition coefficient (Wildman–Crippen LogP) is 3.98. The van der Waals surface area contributed by atoms with Crippen LogP contribution in [0.4, 0.5) is 0 Å². The Morgan fingerprint density at radius 1 is 0.812 bits per heavy atom. The third-order valence-corrected chi connectivity index (χ3v) is 4.95. The van der Waals surface area contributed by atoms with Crippen LogP contribution in [0.3, 0.4) is 0 Å². The molecule has 32 heavy (non-hydrogen) atoms. The fourth-order valence-corrected chi connectivity index (χ4v) is 3.18. The standard InChI is InChI=1S/C20H14N4.C3H7NO2S.Au/c1-2-14-10-16-5-6-18(23-16)12-20-8-7-19(24-20)11-17-4-3-15(22-17)9-13(1)21-14;4-2(1-7)3(5)6;/h1-12,21,24H;2,7H,1,4H2,(H,5,6);. The first kappa shape index (κ1) is 23.8. The summed E-state index contributed by atoms with van der Waals surface area (Å²) in [5, 5.41) is 8.01. The summed E-state index contributed by atoms with van der Waals surface area (Å²) in [4.78, 5) is 25.8. The molecule has 2 aliphatic heterocycles. The van der Waals surface area contributed by atoms with Gasteiger partial charge in [-0.05, 0) is 72.8 Å². The maximum Gasteiger partial charge on any atom is 0.321 e. The fourth-order valence-electron chi connectivity index (χ4n) is 3.02. The van der Waals surface area contributed by atoms with Gasteiger partial charge in [-0.1, -0.05) is 0 Å². The van der Waals surface area contributed by atoms with Crippen LogP contribution in [0.15, 0.2) is 48.5 Å². The summed E-state index contributed by atoms with van der Waals surface area (Å²) in [5.41, 5.74) is 12.8. The minimum atomic E-state index is -1.00. The molecule has 1 atom stereocenters. The second-order valence-electron chi connectivity index (χ2n) is 7.03. The Hall–Kier alpha value is -2.88. The summed E-state index contributed by atoms with van der Waals surface area (Å²) in [6, 6.07) is 15.5. The van der Waals surface area contributed by atoms with Gasteiger partial charge in [0, 0.05) is 50.2 Å². The summed E-state index contributed by atoms with van der Waals surface area (Å²) < 4.78 is 0. The SMILES string of the molecule is C1=Cc2cc3ccc(cc4nc(cc5ccc(cc1n2)[nH]5)C=C4)[nH]3.NC(CS)C(=O)O.[Au]. The summed E-state index contributed by atoms with van der Waals surface area (Å²) in [7, 11) is 0. The molecule has 0 aliphatic carbocycles. The first-order chi connectivity index (χ1) is 15.0. The molecule has 7 nitrogen and oxygen atoms in total. The Labute approximate surface area is 205 Å². The summed E-state index contributed by atoms with van der Waals surface area (Å²) >= 11 is 3.65. The number of carbonyl (C=O) groups is 1. The van der Waals surface area contributed by atoms with Crippen LogP contribution in [0.1, 0.15) is 22.8 Å². The van der Waals surface area contributed by atoms with Crippen LogP contribution in [0, 0.1) is 0 Å². The number of thiol groups is 1. The first-order valence-electron chi connectivity index (χ1n) is 9.62. The third kappa shape index (κ3) is 6.09. The number of aliphatic carboxylic acids is 1. The number of nitrogens with zero attached hydrogens (tertiary/aromatic N) is 2. The van der Waals surface area contributed by atoms with Gasteiger partial charge in [0.1, 0.15) is 6.04 Å². The van der Waals surface area contributed by atoms with Gasteiger partial charge >= 0.3 is 5.97 Å². The largest absolute Gasteiger partial charge is 0.480 e. The number of aromatic amines is 2. The van der Waals surface area contributed by atoms with E-state index in [1.54, 1.807) is 0 Å². The van der Waals surface area contributed by atoms with Crippen molar-refractivity contribution in [1.29, 1.82) is 0 Å². The minimum Gasteiger partial charge on any atom is -0.480 e. The average molecular weight is 628 g/mol. The zero-order chi connectivity index (χ0) is 21.8. The van der Waals surface area contributed by atoms with E-state index in [1.807, 2.05) is 48.6 Å². The topological polar surface area (TPSA) is 121 Å². The Bertz CT molecular complexity index is 1170. The van der Waals surface area contributed by atoms with Gasteiger partial charge in [-0.15, -0.1) is 0 Å². The normalized spacial score (nSPS) is 12.4. The molecule has 5 N–H and O–H groups in total. The van der Waals surface area contributed by atoms with Gasteiger partial charge in [-0.25, -0.2) is 9.97 Å². The van der Waals surface area contributed by atoms with Crippen molar-refractivity contribution >= 4 is 65.0 Å². The molecule has 3 aromatic rings. The predicted molar refractivity (Wildman–Crippen MR) is 128 cm³/mol. The molecular formula is C23H21AuN5O2S. The Kier molecular flexibility index (Phi) is 7.89. The maximum absolute atomic E-state index is 9.76. The van der Waals surface area contributed by atoms with Crippen LogP contribution < -0.4 is 5.73 Å². The van der Waals surface area contributed by atoms with Gasteiger partial charge in [-0.2, -0.15) is 12.6 Å². The molecule has 5 heterocycles. The fraction of sp³-hybridized carbons (Fsp3) is 0.0870. The number of fused-ring (bicyclic) bond motifs is 8. The Morgan fingerprint density at radius 2 is 1.12 bits per heavy atom. The molecular weight excluding hydrogens is 607 g/mol. The summed E-state index contributed by atoms with van der Waals surface area (Å²) in [5.74, 6) is -0.815. The van der Waals surface area contributed by atoms with Gasteiger partial charge in [0.25, 0.3) is 0 Å². The molecule has 0 saturated heterocycles. The molecule has 167 valence electrons. The van der Waals surface area contributed by atoms with Crippen molar-refractivity contribution in [2.45, 2.75) is 6.04 Å². The zero-order valence-corrected chi connectivity index (χ0v) is 19.8. The molecule has 8 bridgehead atoms. The Balaban J connectivity index is 0.000000318. The number of aromatic nitrogens is 4. The number of nitrogens with one attached hydrogen (secondary N) is 2. The van der Waals surface area contributed by atoms with Crippen molar-refractivity contribution in [3.63, 3.8) is 0 Å². The number of carboxylic acid groups (broad SMARTS) is 1. The van der Waals surface area contributed by atoms with E-state index >= 15 is 0 Å². The van der Waals surface area contributed by atoms with Gasteiger partial charge in [-0.3, -0.25) is 4.79 Å². The summed E-state index contributed by atoms with van der Waals surface area (Å²) in [6.45, 7) is 0. The second-order valence-corrected chi connectivity index (χ2v) is 7.40. The molecule has 1 radical (unpaired) electrons. The second kappa shape index (κ2) is 10.6. The van der Waals surface area contributed by atoms with Crippen molar-refractivity contribution in [3.05, 3.63) is 71.3 Å². The number of rotatable bonds is 2. The Morgan fingerprint density at radius 3 is 1.34 bits per heavy atom. The number of hydrogen-bond acceptors (Lipinski definition) is 5. The van der Waals surface area contributed by atoms with Crippen LogP contribution in [-0.2, 0) is 27.2 Å². The van der Waals surface area contributed by atoms with Crippen LogP contribution >= 0.6 is 12.6 Å². The number of hydrogen-bond donors (Lipinski definition) is 5. The van der Waals surface area contributed by atoms with Crippen molar-refractivity contribution in [1.82, 2.24) is 19.9 Å². The van der Waals surface area contributed by atoms with E-state index in [4.69, 9.17) is 10.8 Å². The third-order valence-electron chi connectivity index (χ3n) is 4.56. The minimum absolute atomic E-state index is 0. The van der Waals surface area contributed by atoms with Gasteiger partial charge in [0.05, 0.1) is 22.8 Å². The molecule has 3 aromatic heterocycles. The smallest absolute Gasteiger partial charge is 0.321 e. The molecule has 0 saturated carbocycles. The molecule has 0 fully saturated rings. The van der Waals surface area contributed by atoms with E-state index in [9.17, 15) is 4.79 Å². The molecule has 9 heteroatoms. The molecule has 0 spiro atoms. The molecule has 0 amide bonds. The molecule has 1 unspecified atom stereocenters. The first-order valence-corrected chi connectivity index (χ1v) is 10.3. The van der Waals surface area contributed by atoms with Gasteiger partial charge in [0.2, 0.25) is 0 Å². The average Bonchev–Trinajstić information content (AvgIpc) is 3.53. The van der Waals surface area contributed by atoms with Crippen molar-refractivity contribution in [3.8, 4) is 0 Å². The molecule has 0 aromatic carbocycles. The van der Waals surface area contributed by atoms with Crippen LogP contribution in [-0.4, -0.2) is 42.8 Å². The van der Waals surface area contributed by atoms with Crippen LogP contribution in [0.5, 0.6) is 0 Å². The van der Waals surface area contributed by atoms with Crippen LogP contribution in [0.2, 0.25) is 0 Å². The van der Waals surface area contributed by atoms with Gasteiger partial charge < -0.3 is 20.8 Å². The monoisotopic (exact) mass is 628 g/mol. The van der Waals surface area contributed by atoms with Crippen molar-refractivity contribution < 1.29 is 32.3 Å². The summed E-state index contributed by atoms with van der Waals surface area (Å²) in [6.07, 6.45) is 8.09. The molecule has 5 rings (SSSR count). The number of H-pyrrole nitrogens is 2. The van der Waals surface area contributed by atoms with E-state index in [2.05, 4.69) is 56.8 Å². The van der Waals surface area contributed by atoms with E-state index in [0.29, 0.717) is 0 Å².